The number of rotatable bonds is 7. The number of hydrogen-bond donors (Lipinski definition) is 2. The standard InChI is InChI=1S/C20H23N3O2/c1-23(19(14-24)15-8-10-18(25-2)11-9-15)13-17-12-21-22-20(17)16-6-4-3-5-7-16/h3-12,19,24H,13-14H2,1-2H3,(H,21,22). The van der Waals surface area contributed by atoms with Gasteiger partial charge in [0.05, 0.1) is 31.6 Å². The molecule has 25 heavy (non-hydrogen) atoms. The zero-order chi connectivity index (χ0) is 17.6. The van der Waals surface area contributed by atoms with Crippen molar-refractivity contribution in [2.24, 2.45) is 0 Å². The lowest BCUT2D eigenvalue weighted by Gasteiger charge is -2.27. The molecule has 0 aliphatic carbocycles. The molecule has 1 unspecified atom stereocenters. The first kappa shape index (κ1) is 17.2. The number of methoxy groups -OCH3 is 1. The SMILES string of the molecule is COc1ccc(C(CO)N(C)Cc2cn[nH]c2-c2ccccc2)cc1. The molecule has 0 amide bonds. The molecule has 0 saturated heterocycles. The van der Waals surface area contributed by atoms with Crippen LogP contribution in [0.4, 0.5) is 0 Å². The number of aliphatic hydroxyl groups is 1. The predicted molar refractivity (Wildman–Crippen MR) is 98.3 cm³/mol. The fraction of sp³-hybridized carbons (Fsp3) is 0.250. The summed E-state index contributed by atoms with van der Waals surface area (Å²) in [7, 11) is 3.65. The Labute approximate surface area is 147 Å². The quantitative estimate of drug-likeness (QED) is 0.695. The Hall–Kier alpha value is -2.63. The number of benzene rings is 2. The molecule has 2 N–H and O–H groups in total. The van der Waals surface area contributed by atoms with Crippen molar-refractivity contribution in [3.05, 3.63) is 71.9 Å². The number of nitrogens with one attached hydrogen (secondary N) is 1. The van der Waals surface area contributed by atoms with Gasteiger partial charge in [0.15, 0.2) is 0 Å². The highest BCUT2D eigenvalue weighted by Gasteiger charge is 2.18. The van der Waals surface area contributed by atoms with Gasteiger partial charge in [0.2, 0.25) is 0 Å². The van der Waals surface area contributed by atoms with E-state index in [1.807, 2.05) is 55.7 Å². The first-order chi connectivity index (χ1) is 12.2. The minimum atomic E-state index is -0.0931. The maximum Gasteiger partial charge on any atom is 0.118 e. The van der Waals surface area contributed by atoms with E-state index in [4.69, 9.17) is 4.74 Å². The second kappa shape index (κ2) is 7.96. The van der Waals surface area contributed by atoms with Crippen LogP contribution in [0.5, 0.6) is 5.75 Å². The second-order valence-corrected chi connectivity index (χ2v) is 6.02. The van der Waals surface area contributed by atoms with E-state index >= 15 is 0 Å². The average Bonchev–Trinajstić information content (AvgIpc) is 3.11. The Morgan fingerprint density at radius 3 is 2.48 bits per heavy atom. The number of aromatic amines is 1. The van der Waals surface area contributed by atoms with E-state index in [2.05, 4.69) is 27.2 Å². The van der Waals surface area contributed by atoms with Crippen LogP contribution in [0.25, 0.3) is 11.3 Å². The van der Waals surface area contributed by atoms with Crippen molar-refractivity contribution in [2.45, 2.75) is 12.6 Å². The highest BCUT2D eigenvalue weighted by Crippen LogP contribution is 2.26. The van der Waals surface area contributed by atoms with Gasteiger partial charge in [-0.2, -0.15) is 5.10 Å². The van der Waals surface area contributed by atoms with Crippen molar-refractivity contribution < 1.29 is 9.84 Å². The van der Waals surface area contributed by atoms with Gasteiger partial charge in [-0.1, -0.05) is 42.5 Å². The number of likely N-dealkylation sites (N-methyl/N-ethyl adjacent to an activating group) is 1. The summed E-state index contributed by atoms with van der Waals surface area (Å²) in [6, 6.07) is 17.9. The van der Waals surface area contributed by atoms with Crippen LogP contribution < -0.4 is 4.74 Å². The highest BCUT2D eigenvalue weighted by molar-refractivity contribution is 5.62. The Balaban J connectivity index is 1.79. The van der Waals surface area contributed by atoms with Gasteiger partial charge in [0.1, 0.15) is 5.75 Å². The van der Waals surface area contributed by atoms with Crippen molar-refractivity contribution >= 4 is 0 Å². The number of aromatic nitrogens is 2. The smallest absolute Gasteiger partial charge is 0.118 e. The van der Waals surface area contributed by atoms with Gasteiger partial charge >= 0.3 is 0 Å². The summed E-state index contributed by atoms with van der Waals surface area (Å²) in [6.07, 6.45) is 1.85. The fourth-order valence-electron chi connectivity index (χ4n) is 2.99. The third-order valence-electron chi connectivity index (χ3n) is 4.41. The number of hydrogen-bond acceptors (Lipinski definition) is 4. The maximum absolute atomic E-state index is 9.89. The minimum Gasteiger partial charge on any atom is -0.497 e. The summed E-state index contributed by atoms with van der Waals surface area (Å²) in [5.41, 5.74) is 4.27. The molecule has 5 heteroatoms. The molecule has 0 aliphatic rings. The highest BCUT2D eigenvalue weighted by atomic mass is 16.5. The molecule has 1 atom stereocenters. The lowest BCUT2D eigenvalue weighted by atomic mass is 10.0. The molecule has 2 aromatic carbocycles. The van der Waals surface area contributed by atoms with E-state index in [1.165, 1.54) is 0 Å². The lowest BCUT2D eigenvalue weighted by Crippen LogP contribution is -2.27. The molecule has 3 aromatic rings. The third-order valence-corrected chi connectivity index (χ3v) is 4.41. The van der Waals surface area contributed by atoms with Gasteiger partial charge in [-0.3, -0.25) is 10.00 Å². The molecule has 0 bridgehead atoms. The van der Waals surface area contributed by atoms with Crippen LogP contribution in [-0.4, -0.2) is 41.0 Å². The molecule has 130 valence electrons. The Morgan fingerprint density at radius 2 is 1.84 bits per heavy atom. The molecule has 1 aromatic heterocycles. The van der Waals surface area contributed by atoms with E-state index in [0.29, 0.717) is 6.54 Å². The van der Waals surface area contributed by atoms with Crippen LogP contribution in [-0.2, 0) is 6.54 Å². The zero-order valence-corrected chi connectivity index (χ0v) is 14.5. The van der Waals surface area contributed by atoms with Gasteiger partial charge in [-0.25, -0.2) is 0 Å². The number of H-pyrrole nitrogens is 1. The largest absolute Gasteiger partial charge is 0.497 e. The predicted octanol–water partition coefficient (Wildman–Crippen LogP) is 3.25. The van der Waals surface area contributed by atoms with E-state index in [9.17, 15) is 5.11 Å². The average molecular weight is 337 g/mol. The van der Waals surface area contributed by atoms with E-state index < -0.39 is 0 Å². The molecule has 0 fully saturated rings. The second-order valence-electron chi connectivity index (χ2n) is 6.02. The topological polar surface area (TPSA) is 61.4 Å². The van der Waals surface area contributed by atoms with E-state index in [-0.39, 0.29) is 12.6 Å². The first-order valence-corrected chi connectivity index (χ1v) is 8.25. The summed E-state index contributed by atoms with van der Waals surface area (Å²) in [5, 5.41) is 17.2. The molecule has 0 aliphatic heterocycles. The van der Waals surface area contributed by atoms with Crippen molar-refractivity contribution in [1.82, 2.24) is 15.1 Å². The van der Waals surface area contributed by atoms with Crippen molar-refractivity contribution in [3.63, 3.8) is 0 Å². The zero-order valence-electron chi connectivity index (χ0n) is 14.5. The molecular formula is C20H23N3O2. The van der Waals surface area contributed by atoms with Crippen LogP contribution in [0.2, 0.25) is 0 Å². The van der Waals surface area contributed by atoms with Crippen LogP contribution in [0.15, 0.2) is 60.8 Å². The molecule has 0 spiro atoms. The van der Waals surface area contributed by atoms with Gasteiger partial charge in [0.25, 0.3) is 0 Å². The maximum atomic E-state index is 9.89. The molecule has 3 rings (SSSR count). The number of ether oxygens (including phenoxy) is 1. The summed E-state index contributed by atoms with van der Waals surface area (Å²) >= 11 is 0. The molecule has 0 saturated carbocycles. The summed E-state index contributed by atoms with van der Waals surface area (Å²) in [6.45, 7) is 0.722. The molecule has 0 radical (unpaired) electrons. The van der Waals surface area contributed by atoms with Gasteiger partial charge < -0.3 is 9.84 Å². The third kappa shape index (κ3) is 3.90. The number of aliphatic hydroxyl groups excluding tert-OH is 1. The van der Waals surface area contributed by atoms with Gasteiger partial charge in [0, 0.05) is 12.1 Å². The van der Waals surface area contributed by atoms with E-state index in [0.717, 1.165) is 28.1 Å². The fourth-order valence-corrected chi connectivity index (χ4v) is 2.99. The van der Waals surface area contributed by atoms with E-state index in [1.54, 1.807) is 7.11 Å². The summed E-state index contributed by atoms with van der Waals surface area (Å²) < 4.78 is 5.20. The van der Waals surface area contributed by atoms with Crippen molar-refractivity contribution in [1.29, 1.82) is 0 Å². The van der Waals surface area contributed by atoms with Crippen LogP contribution in [0.1, 0.15) is 17.2 Å². The van der Waals surface area contributed by atoms with Crippen LogP contribution in [0.3, 0.4) is 0 Å². The Kier molecular flexibility index (Phi) is 5.48. The number of nitrogens with zero attached hydrogens (tertiary/aromatic N) is 2. The normalized spacial score (nSPS) is 12.3. The Bertz CT molecular complexity index is 784. The van der Waals surface area contributed by atoms with Crippen LogP contribution in [0, 0.1) is 0 Å². The summed E-state index contributed by atoms with van der Waals surface area (Å²) in [5.74, 6) is 0.810. The lowest BCUT2D eigenvalue weighted by molar-refractivity contribution is 0.142. The van der Waals surface area contributed by atoms with Gasteiger partial charge in [-0.05, 0) is 30.3 Å². The molecular weight excluding hydrogens is 314 g/mol. The summed E-state index contributed by atoms with van der Waals surface area (Å²) in [4.78, 5) is 2.12. The van der Waals surface area contributed by atoms with Crippen LogP contribution >= 0.6 is 0 Å². The minimum absolute atomic E-state index is 0.0430. The molecule has 1 heterocycles. The van der Waals surface area contributed by atoms with Gasteiger partial charge in [-0.15, -0.1) is 0 Å². The van der Waals surface area contributed by atoms with Crippen molar-refractivity contribution in [2.75, 3.05) is 20.8 Å². The Morgan fingerprint density at radius 1 is 1.12 bits per heavy atom. The molecule has 5 nitrogen and oxygen atoms in total. The monoisotopic (exact) mass is 337 g/mol. The van der Waals surface area contributed by atoms with Crippen molar-refractivity contribution in [3.8, 4) is 17.0 Å². The first-order valence-electron chi connectivity index (χ1n) is 8.25.